The Morgan fingerprint density at radius 2 is 2.00 bits per heavy atom. The van der Waals surface area contributed by atoms with Gasteiger partial charge in [-0.1, -0.05) is 25.0 Å². The van der Waals surface area contributed by atoms with E-state index in [2.05, 4.69) is 5.32 Å². The minimum Gasteiger partial charge on any atom is -0.349 e. The minimum atomic E-state index is -0.261. The molecule has 1 aromatic carbocycles. The molecule has 1 aliphatic rings. The van der Waals surface area contributed by atoms with Crippen LogP contribution in [0.5, 0.6) is 0 Å². The van der Waals surface area contributed by atoms with Gasteiger partial charge in [0, 0.05) is 5.92 Å². The largest absolute Gasteiger partial charge is 0.349 e. The number of nitrogens with one attached hydrogen (secondary N) is 1. The number of carbonyl (C=O) groups is 1. The van der Waals surface area contributed by atoms with Crippen molar-refractivity contribution in [1.29, 1.82) is 0 Å². The van der Waals surface area contributed by atoms with Crippen molar-refractivity contribution in [2.45, 2.75) is 38.6 Å². The quantitative estimate of drug-likeness (QED) is 0.889. The van der Waals surface area contributed by atoms with Gasteiger partial charge in [-0.05, 0) is 49.9 Å². The zero-order valence-electron chi connectivity index (χ0n) is 11.9. The topological polar surface area (TPSA) is 55.1 Å². The normalized spacial score (nSPS) is 24.1. The van der Waals surface area contributed by atoms with Gasteiger partial charge in [-0.2, -0.15) is 0 Å². The van der Waals surface area contributed by atoms with Crippen molar-refractivity contribution >= 4 is 5.91 Å². The number of hydrogen-bond acceptors (Lipinski definition) is 2. The molecule has 1 fully saturated rings. The van der Waals surface area contributed by atoms with Crippen LogP contribution < -0.4 is 11.1 Å². The highest BCUT2D eigenvalue weighted by Gasteiger charge is 2.30. The van der Waals surface area contributed by atoms with Crippen LogP contribution in [0.25, 0.3) is 0 Å². The SMILES string of the molecule is C[C@H](NC(=O)C1CCCCC1CN)c1ccc(F)cc1. The predicted molar refractivity (Wildman–Crippen MR) is 77.5 cm³/mol. The molecule has 0 heterocycles. The molecule has 1 aromatic rings. The molecule has 0 bridgehead atoms. The van der Waals surface area contributed by atoms with E-state index in [1.165, 1.54) is 18.6 Å². The van der Waals surface area contributed by atoms with Crippen molar-refractivity contribution in [1.82, 2.24) is 5.32 Å². The van der Waals surface area contributed by atoms with E-state index in [0.29, 0.717) is 12.5 Å². The fraction of sp³-hybridized carbons (Fsp3) is 0.562. The lowest BCUT2D eigenvalue weighted by Gasteiger charge is -2.30. The summed E-state index contributed by atoms with van der Waals surface area (Å²) < 4.78 is 12.9. The lowest BCUT2D eigenvalue weighted by atomic mass is 9.78. The van der Waals surface area contributed by atoms with E-state index >= 15 is 0 Å². The van der Waals surface area contributed by atoms with Gasteiger partial charge in [0.2, 0.25) is 5.91 Å². The number of nitrogens with two attached hydrogens (primary N) is 1. The van der Waals surface area contributed by atoms with E-state index in [9.17, 15) is 9.18 Å². The Labute approximate surface area is 119 Å². The highest BCUT2D eigenvalue weighted by Crippen LogP contribution is 2.30. The molecular formula is C16H23FN2O. The summed E-state index contributed by atoms with van der Waals surface area (Å²) in [6.45, 7) is 2.49. The summed E-state index contributed by atoms with van der Waals surface area (Å²) in [5.41, 5.74) is 6.68. The lowest BCUT2D eigenvalue weighted by molar-refractivity contribution is -0.128. The lowest BCUT2D eigenvalue weighted by Crippen LogP contribution is -2.40. The first-order valence-electron chi connectivity index (χ1n) is 7.37. The van der Waals surface area contributed by atoms with Crippen molar-refractivity contribution < 1.29 is 9.18 Å². The molecule has 4 heteroatoms. The van der Waals surface area contributed by atoms with Gasteiger partial charge in [0.15, 0.2) is 0 Å². The molecule has 0 saturated heterocycles. The Morgan fingerprint density at radius 1 is 1.35 bits per heavy atom. The Hall–Kier alpha value is -1.42. The molecule has 2 unspecified atom stereocenters. The predicted octanol–water partition coefficient (Wildman–Crippen LogP) is 2.77. The van der Waals surface area contributed by atoms with Gasteiger partial charge in [0.05, 0.1) is 6.04 Å². The highest BCUT2D eigenvalue weighted by molar-refractivity contribution is 5.79. The maximum Gasteiger partial charge on any atom is 0.223 e. The van der Waals surface area contributed by atoms with Gasteiger partial charge in [-0.25, -0.2) is 4.39 Å². The van der Waals surface area contributed by atoms with Gasteiger partial charge >= 0.3 is 0 Å². The molecule has 1 amide bonds. The van der Waals surface area contributed by atoms with Gasteiger partial charge in [0.25, 0.3) is 0 Å². The van der Waals surface area contributed by atoms with E-state index < -0.39 is 0 Å². The van der Waals surface area contributed by atoms with E-state index in [0.717, 1.165) is 24.8 Å². The summed E-state index contributed by atoms with van der Waals surface area (Å²) in [5, 5.41) is 3.03. The van der Waals surface area contributed by atoms with Crippen molar-refractivity contribution in [3.05, 3.63) is 35.6 Å². The molecule has 2 rings (SSSR count). The monoisotopic (exact) mass is 278 g/mol. The highest BCUT2D eigenvalue weighted by atomic mass is 19.1. The summed E-state index contributed by atoms with van der Waals surface area (Å²) in [6.07, 6.45) is 4.22. The number of carbonyl (C=O) groups excluding carboxylic acids is 1. The third-order valence-electron chi connectivity index (χ3n) is 4.28. The number of halogens is 1. The van der Waals surface area contributed by atoms with Crippen LogP contribution in [0.1, 0.15) is 44.2 Å². The number of amides is 1. The molecule has 20 heavy (non-hydrogen) atoms. The zero-order valence-corrected chi connectivity index (χ0v) is 11.9. The second-order valence-electron chi connectivity index (χ2n) is 5.67. The molecule has 0 aromatic heterocycles. The maximum atomic E-state index is 12.9. The Kier molecular flexibility index (Phi) is 5.12. The van der Waals surface area contributed by atoms with Crippen LogP contribution in [0.15, 0.2) is 24.3 Å². The van der Waals surface area contributed by atoms with Crippen LogP contribution in [-0.4, -0.2) is 12.5 Å². The Balaban J connectivity index is 1.97. The van der Waals surface area contributed by atoms with Gasteiger partial charge in [0.1, 0.15) is 5.82 Å². The van der Waals surface area contributed by atoms with Crippen LogP contribution in [0, 0.1) is 17.7 Å². The molecule has 0 spiro atoms. The third kappa shape index (κ3) is 3.57. The molecule has 0 radical (unpaired) electrons. The fourth-order valence-electron chi connectivity index (χ4n) is 2.99. The number of benzene rings is 1. The first-order chi connectivity index (χ1) is 9.61. The van der Waals surface area contributed by atoms with Crippen molar-refractivity contribution in [3.63, 3.8) is 0 Å². The Bertz CT molecular complexity index is 446. The molecule has 3 atom stereocenters. The molecule has 3 nitrogen and oxygen atoms in total. The average Bonchev–Trinajstić information content (AvgIpc) is 2.47. The van der Waals surface area contributed by atoms with Crippen LogP contribution in [0.3, 0.4) is 0 Å². The van der Waals surface area contributed by atoms with Crippen molar-refractivity contribution in [2.75, 3.05) is 6.54 Å². The first kappa shape index (κ1) is 15.0. The second kappa shape index (κ2) is 6.84. The molecule has 110 valence electrons. The third-order valence-corrected chi connectivity index (χ3v) is 4.28. The zero-order chi connectivity index (χ0) is 14.5. The van der Waals surface area contributed by atoms with Gasteiger partial charge in [-0.3, -0.25) is 4.79 Å². The van der Waals surface area contributed by atoms with E-state index in [1.807, 2.05) is 6.92 Å². The van der Waals surface area contributed by atoms with E-state index in [1.54, 1.807) is 12.1 Å². The molecule has 3 N–H and O–H groups in total. The van der Waals surface area contributed by atoms with Crippen LogP contribution >= 0.6 is 0 Å². The second-order valence-corrected chi connectivity index (χ2v) is 5.67. The van der Waals surface area contributed by atoms with Crippen LogP contribution in [-0.2, 0) is 4.79 Å². The van der Waals surface area contributed by atoms with Crippen molar-refractivity contribution in [2.24, 2.45) is 17.6 Å². The number of rotatable bonds is 4. The molecular weight excluding hydrogens is 255 g/mol. The minimum absolute atomic E-state index is 0.0247. The first-order valence-corrected chi connectivity index (χ1v) is 7.37. The molecule has 0 aliphatic heterocycles. The van der Waals surface area contributed by atoms with Crippen LogP contribution in [0.4, 0.5) is 4.39 Å². The summed E-state index contributed by atoms with van der Waals surface area (Å²) >= 11 is 0. The Morgan fingerprint density at radius 3 is 2.65 bits per heavy atom. The van der Waals surface area contributed by atoms with E-state index in [-0.39, 0.29) is 23.7 Å². The summed E-state index contributed by atoms with van der Waals surface area (Å²) in [6, 6.07) is 6.15. The van der Waals surface area contributed by atoms with Crippen LogP contribution in [0.2, 0.25) is 0 Å². The fourth-order valence-corrected chi connectivity index (χ4v) is 2.99. The summed E-state index contributed by atoms with van der Waals surface area (Å²) in [7, 11) is 0. The molecule has 1 aliphatic carbocycles. The molecule has 1 saturated carbocycles. The van der Waals surface area contributed by atoms with Crippen molar-refractivity contribution in [3.8, 4) is 0 Å². The maximum absolute atomic E-state index is 12.9. The number of hydrogen-bond donors (Lipinski definition) is 2. The summed E-state index contributed by atoms with van der Waals surface area (Å²) in [5.74, 6) is 0.139. The van der Waals surface area contributed by atoms with Gasteiger partial charge in [-0.15, -0.1) is 0 Å². The van der Waals surface area contributed by atoms with Gasteiger partial charge < -0.3 is 11.1 Å². The standard InChI is InChI=1S/C16H23FN2O/c1-11(12-6-8-14(17)9-7-12)19-16(20)15-5-3-2-4-13(15)10-18/h6-9,11,13,15H,2-5,10,18H2,1H3,(H,19,20)/t11-,13?,15?/m0/s1. The summed E-state index contributed by atoms with van der Waals surface area (Å²) in [4.78, 5) is 12.4. The average molecular weight is 278 g/mol. The van der Waals surface area contributed by atoms with E-state index in [4.69, 9.17) is 5.73 Å². The smallest absolute Gasteiger partial charge is 0.223 e.